The zero-order valence-electron chi connectivity index (χ0n) is 19.2. The van der Waals surface area contributed by atoms with Gasteiger partial charge in [-0.15, -0.1) is 0 Å². The predicted molar refractivity (Wildman–Crippen MR) is 124 cm³/mol. The van der Waals surface area contributed by atoms with Gasteiger partial charge in [-0.05, 0) is 49.2 Å². The lowest BCUT2D eigenvalue weighted by molar-refractivity contribution is -0.143. The number of ether oxygens (including phenoxy) is 1. The minimum absolute atomic E-state index is 0.0139. The molecular formula is C24H23F6N3O2S. The van der Waals surface area contributed by atoms with E-state index in [1.807, 2.05) is 19.1 Å². The number of anilines is 1. The first-order valence-corrected chi connectivity index (χ1v) is 12.0. The Morgan fingerprint density at radius 3 is 2.28 bits per heavy atom. The number of aromatic nitrogens is 1. The quantitative estimate of drug-likeness (QED) is 0.366. The van der Waals surface area contributed by atoms with Crippen molar-refractivity contribution in [2.75, 3.05) is 44.3 Å². The van der Waals surface area contributed by atoms with Crippen LogP contribution in [0.2, 0.25) is 0 Å². The minimum atomic E-state index is -5.05. The molecule has 1 aliphatic rings. The van der Waals surface area contributed by atoms with Crippen LogP contribution in [0.15, 0.2) is 36.4 Å². The van der Waals surface area contributed by atoms with Crippen LogP contribution >= 0.6 is 11.3 Å². The summed E-state index contributed by atoms with van der Waals surface area (Å²) in [5, 5.41) is 0.216. The molecule has 3 aromatic rings. The number of nitrogens with zero attached hydrogens (tertiary/aromatic N) is 3. The van der Waals surface area contributed by atoms with E-state index in [2.05, 4.69) is 9.88 Å². The van der Waals surface area contributed by atoms with Crippen LogP contribution in [0.25, 0.3) is 10.2 Å². The summed E-state index contributed by atoms with van der Waals surface area (Å²) in [5.41, 5.74) is -2.22. The van der Waals surface area contributed by atoms with Crippen molar-refractivity contribution < 1.29 is 35.9 Å². The second-order valence-corrected chi connectivity index (χ2v) is 9.54. The maximum atomic E-state index is 13.5. The van der Waals surface area contributed by atoms with Crippen molar-refractivity contribution in [1.29, 1.82) is 0 Å². The van der Waals surface area contributed by atoms with E-state index >= 15 is 0 Å². The van der Waals surface area contributed by atoms with Gasteiger partial charge in [0.1, 0.15) is 0 Å². The number of hydrogen-bond acceptors (Lipinski definition) is 5. The first kappa shape index (κ1) is 26.4. The van der Waals surface area contributed by atoms with E-state index in [9.17, 15) is 31.1 Å². The molecule has 36 heavy (non-hydrogen) atoms. The number of morpholine rings is 1. The van der Waals surface area contributed by atoms with Crippen molar-refractivity contribution >= 4 is 32.6 Å². The summed E-state index contributed by atoms with van der Waals surface area (Å²) >= 11 is 1.16. The molecule has 2 aromatic carbocycles. The van der Waals surface area contributed by atoms with Crippen molar-refractivity contribution in [1.82, 2.24) is 9.88 Å². The van der Waals surface area contributed by atoms with E-state index in [1.54, 1.807) is 6.07 Å². The minimum Gasteiger partial charge on any atom is -0.379 e. The first-order chi connectivity index (χ1) is 16.9. The molecule has 1 saturated heterocycles. The Hall–Kier alpha value is -2.70. The third-order valence-electron chi connectivity index (χ3n) is 5.80. The number of benzene rings is 2. The molecule has 1 aliphatic heterocycles. The number of thiazole rings is 1. The molecule has 1 aromatic heterocycles. The number of halogens is 6. The van der Waals surface area contributed by atoms with Crippen LogP contribution < -0.4 is 4.90 Å². The van der Waals surface area contributed by atoms with E-state index in [0.717, 1.165) is 21.6 Å². The number of rotatable bonds is 6. The fraction of sp³-hybridized carbons (Fsp3) is 0.417. The number of hydrogen-bond donors (Lipinski definition) is 0. The van der Waals surface area contributed by atoms with Crippen LogP contribution in [0, 0.1) is 6.92 Å². The molecule has 0 unspecified atom stereocenters. The van der Waals surface area contributed by atoms with Gasteiger partial charge in [-0.3, -0.25) is 14.6 Å². The SMILES string of the molecule is Cc1ccc2nc(N(CCCN3CCOCC3)C(=O)c3cc(C(F)(F)F)cc(C(F)(F)F)c3)sc2c1. The molecule has 0 N–H and O–H groups in total. The van der Waals surface area contributed by atoms with E-state index < -0.39 is 35.0 Å². The Labute approximate surface area is 207 Å². The molecule has 5 nitrogen and oxygen atoms in total. The normalized spacial score (nSPS) is 15.4. The third-order valence-corrected chi connectivity index (χ3v) is 6.84. The van der Waals surface area contributed by atoms with Crippen molar-refractivity contribution in [2.45, 2.75) is 25.7 Å². The van der Waals surface area contributed by atoms with E-state index in [1.165, 1.54) is 4.90 Å². The molecule has 12 heteroatoms. The van der Waals surface area contributed by atoms with Crippen molar-refractivity contribution in [3.05, 3.63) is 58.7 Å². The summed E-state index contributed by atoms with van der Waals surface area (Å²) in [7, 11) is 0. The molecule has 1 fully saturated rings. The average Bonchev–Trinajstić information content (AvgIpc) is 3.23. The number of alkyl halides is 6. The summed E-state index contributed by atoms with van der Waals surface area (Å²) in [6, 6.07) is 6.39. The number of carbonyl (C=O) groups is 1. The summed E-state index contributed by atoms with van der Waals surface area (Å²) in [6.45, 7) is 5.11. The van der Waals surface area contributed by atoms with Crippen molar-refractivity contribution in [3.63, 3.8) is 0 Å². The van der Waals surface area contributed by atoms with Gasteiger partial charge in [-0.2, -0.15) is 26.3 Å². The van der Waals surface area contributed by atoms with Gasteiger partial charge in [0.05, 0.1) is 34.6 Å². The Morgan fingerprint density at radius 1 is 1.03 bits per heavy atom. The van der Waals surface area contributed by atoms with Crippen LogP contribution in [0.3, 0.4) is 0 Å². The van der Waals surface area contributed by atoms with Crippen molar-refractivity contribution in [2.24, 2.45) is 0 Å². The van der Waals surface area contributed by atoms with Crippen molar-refractivity contribution in [3.8, 4) is 0 Å². The number of amides is 1. The fourth-order valence-corrected chi connectivity index (χ4v) is 5.02. The standard InChI is InChI=1S/C24H23F6N3O2S/c1-15-3-4-19-20(11-15)36-22(31-19)33(6-2-5-32-7-9-35-10-8-32)21(34)16-12-17(23(25,26)27)14-18(13-16)24(28,29)30/h3-4,11-14H,2,5-10H2,1H3. The highest BCUT2D eigenvalue weighted by Crippen LogP contribution is 2.37. The smallest absolute Gasteiger partial charge is 0.379 e. The highest BCUT2D eigenvalue weighted by Gasteiger charge is 2.38. The van der Waals surface area contributed by atoms with Gasteiger partial charge >= 0.3 is 12.4 Å². The van der Waals surface area contributed by atoms with Gasteiger partial charge in [0.25, 0.3) is 5.91 Å². The molecule has 194 valence electrons. The summed E-state index contributed by atoms with van der Waals surface area (Å²) in [6.07, 6.45) is -9.65. The van der Waals surface area contributed by atoms with Crippen LogP contribution in [0.5, 0.6) is 0 Å². The van der Waals surface area contributed by atoms with Gasteiger partial charge in [0, 0.05) is 31.7 Å². The number of aryl methyl sites for hydroxylation is 1. The summed E-state index contributed by atoms with van der Waals surface area (Å²) in [4.78, 5) is 21.2. The third kappa shape index (κ3) is 6.16. The second kappa shape index (κ2) is 10.3. The van der Waals surface area contributed by atoms with Gasteiger partial charge in [-0.1, -0.05) is 17.4 Å². The van der Waals surface area contributed by atoms with E-state index in [-0.39, 0.29) is 17.7 Å². The first-order valence-electron chi connectivity index (χ1n) is 11.2. The zero-order valence-corrected chi connectivity index (χ0v) is 20.1. The Morgan fingerprint density at radius 2 is 1.67 bits per heavy atom. The maximum absolute atomic E-state index is 13.5. The van der Waals surface area contributed by atoms with Crippen LogP contribution in [-0.2, 0) is 17.1 Å². The van der Waals surface area contributed by atoms with E-state index in [0.29, 0.717) is 56.9 Å². The summed E-state index contributed by atoms with van der Waals surface area (Å²) in [5.74, 6) is -0.968. The Kier molecular flexibility index (Phi) is 7.58. The van der Waals surface area contributed by atoms with Crippen LogP contribution in [0.4, 0.5) is 31.5 Å². The molecule has 4 rings (SSSR count). The van der Waals surface area contributed by atoms with Gasteiger partial charge < -0.3 is 4.74 Å². The maximum Gasteiger partial charge on any atom is 0.416 e. The number of carbonyl (C=O) groups excluding carboxylic acids is 1. The number of fused-ring (bicyclic) bond motifs is 1. The predicted octanol–water partition coefficient (Wildman–Crippen LogP) is 6.01. The second-order valence-electron chi connectivity index (χ2n) is 8.53. The van der Waals surface area contributed by atoms with Gasteiger partial charge in [0.15, 0.2) is 5.13 Å². The molecule has 0 atom stereocenters. The lowest BCUT2D eigenvalue weighted by Gasteiger charge is -2.28. The summed E-state index contributed by atoms with van der Waals surface area (Å²) < 4.78 is 86.4. The van der Waals surface area contributed by atoms with Gasteiger partial charge in [0.2, 0.25) is 0 Å². The molecule has 2 heterocycles. The molecule has 1 amide bonds. The van der Waals surface area contributed by atoms with Crippen LogP contribution in [0.1, 0.15) is 33.5 Å². The average molecular weight is 532 g/mol. The lowest BCUT2D eigenvalue weighted by Crippen LogP contribution is -2.39. The Balaban J connectivity index is 1.70. The molecule has 0 aliphatic carbocycles. The fourth-order valence-electron chi connectivity index (χ4n) is 3.93. The van der Waals surface area contributed by atoms with E-state index in [4.69, 9.17) is 4.74 Å². The highest BCUT2D eigenvalue weighted by molar-refractivity contribution is 7.22. The highest BCUT2D eigenvalue weighted by atomic mass is 32.1. The molecule has 0 bridgehead atoms. The monoisotopic (exact) mass is 531 g/mol. The topological polar surface area (TPSA) is 45.7 Å². The molecule has 0 saturated carbocycles. The molecule has 0 spiro atoms. The molecular weight excluding hydrogens is 508 g/mol. The largest absolute Gasteiger partial charge is 0.416 e. The van der Waals surface area contributed by atoms with Crippen LogP contribution in [-0.4, -0.2) is 55.2 Å². The lowest BCUT2D eigenvalue weighted by atomic mass is 10.0. The zero-order chi connectivity index (χ0) is 26.1. The molecule has 0 radical (unpaired) electrons. The Bertz CT molecular complexity index is 1200. The van der Waals surface area contributed by atoms with Gasteiger partial charge in [-0.25, -0.2) is 4.98 Å².